The molecule has 0 aromatic heterocycles. The Morgan fingerprint density at radius 2 is 1.73 bits per heavy atom. The van der Waals surface area contributed by atoms with Crippen LogP contribution in [0.25, 0.3) is 0 Å². The summed E-state index contributed by atoms with van der Waals surface area (Å²) in [5, 5.41) is 0. The van der Waals surface area contributed by atoms with Gasteiger partial charge in [0.1, 0.15) is 5.75 Å². The Morgan fingerprint density at radius 1 is 1.00 bits per heavy atom. The van der Waals surface area contributed by atoms with Gasteiger partial charge in [0, 0.05) is 0 Å². The van der Waals surface area contributed by atoms with Crippen molar-refractivity contribution in [2.75, 3.05) is 6.61 Å². The smallest absolute Gasteiger partial charge is 0.383 e. The third-order valence-electron chi connectivity index (χ3n) is 4.56. The maximum absolute atomic E-state index is 13.5. The standard InChI is InChI=1S/C22H31O3P/c1-5-12-20-15-11-16-21(18(4)6-2)22(20)25-26(23,24-7-3)17-19-13-9-8-10-14-19/h8-11,13-16,18H,5-7,12,17H2,1-4H3. The topological polar surface area (TPSA) is 35.5 Å². The first-order valence-electron chi connectivity index (χ1n) is 9.61. The zero-order valence-electron chi connectivity index (χ0n) is 16.4. The number of hydrogen-bond donors (Lipinski definition) is 0. The van der Waals surface area contributed by atoms with E-state index in [1.54, 1.807) is 0 Å². The van der Waals surface area contributed by atoms with Crippen LogP contribution in [-0.4, -0.2) is 6.61 Å². The maximum Gasteiger partial charge on any atom is 0.383 e. The van der Waals surface area contributed by atoms with Crippen molar-refractivity contribution in [3.63, 3.8) is 0 Å². The predicted octanol–water partition coefficient (Wildman–Crippen LogP) is 6.96. The molecule has 0 saturated carbocycles. The van der Waals surface area contributed by atoms with Crippen molar-refractivity contribution in [3.05, 3.63) is 65.2 Å². The molecule has 0 bridgehead atoms. The number of rotatable bonds is 10. The van der Waals surface area contributed by atoms with E-state index >= 15 is 0 Å². The van der Waals surface area contributed by atoms with Crippen LogP contribution in [0.2, 0.25) is 0 Å². The fourth-order valence-corrected chi connectivity index (χ4v) is 4.80. The summed E-state index contributed by atoms with van der Waals surface area (Å²) >= 11 is 0. The van der Waals surface area contributed by atoms with Gasteiger partial charge >= 0.3 is 7.60 Å². The van der Waals surface area contributed by atoms with Gasteiger partial charge in [0.15, 0.2) is 0 Å². The van der Waals surface area contributed by atoms with Crippen molar-refractivity contribution in [1.82, 2.24) is 0 Å². The molecule has 0 spiro atoms. The van der Waals surface area contributed by atoms with Gasteiger partial charge in [0.25, 0.3) is 0 Å². The molecule has 3 nitrogen and oxygen atoms in total. The second kappa shape index (κ2) is 9.94. The summed E-state index contributed by atoms with van der Waals surface area (Å²) in [4.78, 5) is 0. The first kappa shape index (κ1) is 20.7. The average molecular weight is 374 g/mol. The lowest BCUT2D eigenvalue weighted by Crippen LogP contribution is -2.07. The molecule has 0 aliphatic heterocycles. The summed E-state index contributed by atoms with van der Waals surface area (Å²) < 4.78 is 25.4. The molecule has 26 heavy (non-hydrogen) atoms. The van der Waals surface area contributed by atoms with Crippen LogP contribution in [-0.2, 0) is 21.7 Å². The highest BCUT2D eigenvalue weighted by molar-refractivity contribution is 7.53. The van der Waals surface area contributed by atoms with E-state index < -0.39 is 7.60 Å². The quantitative estimate of drug-likeness (QED) is 0.422. The second-order valence-electron chi connectivity index (χ2n) is 6.66. The fraction of sp³-hybridized carbons (Fsp3) is 0.455. The Kier molecular flexibility index (Phi) is 7.93. The first-order valence-corrected chi connectivity index (χ1v) is 11.3. The highest BCUT2D eigenvalue weighted by atomic mass is 31.2. The van der Waals surface area contributed by atoms with Gasteiger partial charge in [-0.25, -0.2) is 4.57 Å². The molecule has 2 aromatic carbocycles. The summed E-state index contributed by atoms with van der Waals surface area (Å²) in [5.41, 5.74) is 3.19. The average Bonchev–Trinajstić information content (AvgIpc) is 2.63. The van der Waals surface area contributed by atoms with E-state index in [2.05, 4.69) is 39.0 Å². The van der Waals surface area contributed by atoms with Crippen molar-refractivity contribution in [2.45, 2.75) is 59.0 Å². The van der Waals surface area contributed by atoms with Gasteiger partial charge in [-0.3, -0.25) is 4.52 Å². The third kappa shape index (κ3) is 5.46. The van der Waals surface area contributed by atoms with Gasteiger partial charge in [-0.15, -0.1) is 0 Å². The minimum absolute atomic E-state index is 0.280. The lowest BCUT2D eigenvalue weighted by atomic mass is 9.94. The van der Waals surface area contributed by atoms with Crippen molar-refractivity contribution >= 4 is 7.60 Å². The number of hydrogen-bond acceptors (Lipinski definition) is 3. The predicted molar refractivity (Wildman–Crippen MR) is 109 cm³/mol. The minimum Gasteiger partial charge on any atom is -0.424 e. The van der Waals surface area contributed by atoms with Crippen LogP contribution in [0.15, 0.2) is 48.5 Å². The molecule has 142 valence electrons. The molecule has 0 aliphatic rings. The van der Waals surface area contributed by atoms with Gasteiger partial charge in [-0.2, -0.15) is 0 Å². The van der Waals surface area contributed by atoms with E-state index in [0.29, 0.717) is 12.5 Å². The number of para-hydroxylation sites is 1. The maximum atomic E-state index is 13.5. The number of benzene rings is 2. The Bertz CT molecular complexity index is 727. The molecule has 4 heteroatoms. The van der Waals surface area contributed by atoms with E-state index in [1.165, 1.54) is 0 Å². The molecular weight excluding hydrogens is 343 g/mol. The normalized spacial score (nSPS) is 14.6. The summed E-state index contributed by atoms with van der Waals surface area (Å²) in [6.45, 7) is 8.70. The fourth-order valence-electron chi connectivity index (χ4n) is 3.04. The lowest BCUT2D eigenvalue weighted by Gasteiger charge is -2.24. The van der Waals surface area contributed by atoms with Gasteiger partial charge in [0.2, 0.25) is 0 Å². The summed E-state index contributed by atoms with van der Waals surface area (Å²) in [7, 11) is -3.29. The highest BCUT2D eigenvalue weighted by Gasteiger charge is 2.29. The Balaban J connectivity index is 2.42. The van der Waals surface area contributed by atoms with Gasteiger partial charge in [-0.05, 0) is 42.4 Å². The van der Waals surface area contributed by atoms with E-state index in [0.717, 1.165) is 41.7 Å². The van der Waals surface area contributed by atoms with Crippen LogP contribution in [0.5, 0.6) is 5.75 Å². The zero-order chi connectivity index (χ0) is 19.0. The molecule has 0 saturated heterocycles. The number of aryl methyl sites for hydroxylation is 1. The molecule has 0 heterocycles. The van der Waals surface area contributed by atoms with Crippen molar-refractivity contribution in [1.29, 1.82) is 0 Å². The Hall–Kier alpha value is -1.57. The Morgan fingerprint density at radius 3 is 2.35 bits per heavy atom. The van der Waals surface area contributed by atoms with Crippen LogP contribution in [0.3, 0.4) is 0 Å². The Labute approximate surface area is 158 Å². The van der Waals surface area contributed by atoms with Crippen LogP contribution in [0.4, 0.5) is 0 Å². The third-order valence-corrected chi connectivity index (χ3v) is 6.43. The van der Waals surface area contributed by atoms with E-state index in [4.69, 9.17) is 9.05 Å². The molecule has 0 fully saturated rings. The summed E-state index contributed by atoms with van der Waals surface area (Å²) in [6, 6.07) is 16.0. The van der Waals surface area contributed by atoms with Crippen molar-refractivity contribution in [2.24, 2.45) is 0 Å². The highest BCUT2D eigenvalue weighted by Crippen LogP contribution is 2.53. The first-order chi connectivity index (χ1) is 12.5. The van der Waals surface area contributed by atoms with Crippen LogP contribution in [0, 0.1) is 0 Å². The van der Waals surface area contributed by atoms with Crippen LogP contribution >= 0.6 is 7.60 Å². The van der Waals surface area contributed by atoms with Crippen LogP contribution < -0.4 is 4.52 Å². The summed E-state index contributed by atoms with van der Waals surface area (Å²) in [6.07, 6.45) is 3.20. The van der Waals surface area contributed by atoms with Gasteiger partial charge in [-0.1, -0.05) is 75.7 Å². The zero-order valence-corrected chi connectivity index (χ0v) is 17.3. The van der Waals surface area contributed by atoms with Crippen molar-refractivity contribution in [3.8, 4) is 5.75 Å². The molecule has 0 radical (unpaired) electrons. The van der Waals surface area contributed by atoms with Gasteiger partial charge < -0.3 is 4.52 Å². The van der Waals surface area contributed by atoms with Gasteiger partial charge in [0.05, 0.1) is 12.8 Å². The SMILES string of the molecule is CCCc1cccc(C(C)CC)c1OP(=O)(Cc1ccccc1)OCC. The summed E-state index contributed by atoms with van der Waals surface area (Å²) in [5.74, 6) is 1.10. The second-order valence-corrected chi connectivity index (χ2v) is 8.64. The lowest BCUT2D eigenvalue weighted by molar-refractivity contribution is 0.276. The molecule has 0 amide bonds. The molecule has 0 N–H and O–H groups in total. The van der Waals surface area contributed by atoms with Crippen LogP contribution in [0.1, 0.15) is 63.1 Å². The molecule has 2 rings (SSSR count). The van der Waals surface area contributed by atoms with Crippen molar-refractivity contribution < 1.29 is 13.6 Å². The van der Waals surface area contributed by atoms with E-state index in [9.17, 15) is 4.57 Å². The van der Waals surface area contributed by atoms with E-state index in [-0.39, 0.29) is 6.16 Å². The largest absolute Gasteiger partial charge is 0.424 e. The monoisotopic (exact) mass is 374 g/mol. The molecule has 0 aliphatic carbocycles. The molecule has 2 atom stereocenters. The molecule has 2 aromatic rings. The molecule has 2 unspecified atom stereocenters. The minimum atomic E-state index is -3.29. The molecular formula is C22H31O3P. The van der Waals surface area contributed by atoms with E-state index in [1.807, 2.05) is 37.3 Å².